The summed E-state index contributed by atoms with van der Waals surface area (Å²) < 4.78 is 9.74. The van der Waals surface area contributed by atoms with Crippen LogP contribution in [0.5, 0.6) is 0 Å². The summed E-state index contributed by atoms with van der Waals surface area (Å²) >= 11 is 12.8. The van der Waals surface area contributed by atoms with Crippen LogP contribution in [0.2, 0.25) is 10.0 Å². The maximum Gasteiger partial charge on any atom is 0.227 e. The van der Waals surface area contributed by atoms with Crippen molar-refractivity contribution in [3.8, 4) is 11.1 Å². The second kappa shape index (κ2) is 6.55. The first-order valence-corrected chi connectivity index (χ1v) is 9.85. The normalized spacial score (nSPS) is 19.9. The summed E-state index contributed by atoms with van der Waals surface area (Å²) in [5.74, 6) is 0.742. The number of amides is 1. The molecule has 0 aliphatic carbocycles. The maximum absolute atomic E-state index is 12.1. The molecule has 1 saturated heterocycles. The summed E-state index contributed by atoms with van der Waals surface area (Å²) in [6, 6.07) is 3.74. The fraction of sp³-hybridized carbons (Fsp3) is 0.368. The van der Waals surface area contributed by atoms with E-state index in [1.807, 2.05) is 27.7 Å². The summed E-state index contributed by atoms with van der Waals surface area (Å²) in [6.07, 6.45) is 7.35. The third kappa shape index (κ3) is 2.74. The van der Waals surface area contributed by atoms with Crippen LogP contribution in [-0.4, -0.2) is 26.9 Å². The highest BCUT2D eigenvalue weighted by atomic mass is 35.5. The Morgan fingerprint density at radius 1 is 1.26 bits per heavy atom. The number of benzene rings is 1. The van der Waals surface area contributed by atoms with E-state index >= 15 is 0 Å². The Morgan fingerprint density at radius 3 is 2.96 bits per heavy atom. The number of hydrogen-bond acceptors (Lipinski definition) is 3. The van der Waals surface area contributed by atoms with Crippen LogP contribution >= 0.6 is 23.2 Å². The van der Waals surface area contributed by atoms with Crippen molar-refractivity contribution in [1.29, 1.82) is 0 Å². The van der Waals surface area contributed by atoms with E-state index in [0.29, 0.717) is 23.0 Å². The zero-order valence-electron chi connectivity index (χ0n) is 14.5. The second-order valence-electron chi connectivity index (χ2n) is 6.96. The van der Waals surface area contributed by atoms with Crippen molar-refractivity contribution in [2.45, 2.75) is 38.5 Å². The standard InChI is InChI=1S/C19H18Cl2N4O2/c20-13-5-4-12-16(11-9-22-25(10-11)15-3-1-2-8-27-15)19-23-14(26)6-7-24(19)18(12)17(13)21/h4-5,9-10,15H,1-3,6-8H2,(H,23,26). The van der Waals surface area contributed by atoms with Crippen molar-refractivity contribution in [2.24, 2.45) is 0 Å². The number of halogens is 2. The third-order valence-electron chi connectivity index (χ3n) is 5.28. The average molecular weight is 405 g/mol. The average Bonchev–Trinajstić information content (AvgIpc) is 3.28. The van der Waals surface area contributed by atoms with Crippen LogP contribution in [0.1, 0.15) is 31.9 Å². The predicted molar refractivity (Wildman–Crippen MR) is 105 cm³/mol. The molecule has 27 heavy (non-hydrogen) atoms. The molecular formula is C19H18Cl2N4O2. The van der Waals surface area contributed by atoms with Crippen LogP contribution in [0.15, 0.2) is 24.5 Å². The quantitative estimate of drug-likeness (QED) is 0.663. The molecule has 1 amide bonds. The Kier molecular flexibility index (Phi) is 4.15. The highest BCUT2D eigenvalue weighted by molar-refractivity contribution is 6.45. The summed E-state index contributed by atoms with van der Waals surface area (Å²) in [5.41, 5.74) is 2.68. The SMILES string of the molecule is O=C1CCn2c(c(-c3cnn(C4CCCCO4)c3)c3ccc(Cl)c(Cl)c32)N1. The smallest absolute Gasteiger partial charge is 0.227 e. The van der Waals surface area contributed by atoms with Crippen molar-refractivity contribution in [3.63, 3.8) is 0 Å². The van der Waals surface area contributed by atoms with Gasteiger partial charge in [-0.3, -0.25) is 4.79 Å². The lowest BCUT2D eigenvalue weighted by Gasteiger charge is -2.22. The minimum atomic E-state index is -0.0372. The van der Waals surface area contributed by atoms with Crippen molar-refractivity contribution in [1.82, 2.24) is 14.3 Å². The molecule has 8 heteroatoms. The number of aryl methyl sites for hydroxylation is 1. The molecular weight excluding hydrogens is 387 g/mol. The van der Waals surface area contributed by atoms with Crippen molar-refractivity contribution < 1.29 is 9.53 Å². The molecule has 2 aromatic heterocycles. The molecule has 1 fully saturated rings. The van der Waals surface area contributed by atoms with Crippen LogP contribution in [0.25, 0.3) is 22.0 Å². The van der Waals surface area contributed by atoms with E-state index in [4.69, 9.17) is 27.9 Å². The van der Waals surface area contributed by atoms with Gasteiger partial charge in [0.05, 0.1) is 21.8 Å². The molecule has 1 atom stereocenters. The molecule has 0 radical (unpaired) electrons. The van der Waals surface area contributed by atoms with Crippen LogP contribution in [0.3, 0.4) is 0 Å². The monoisotopic (exact) mass is 404 g/mol. The number of ether oxygens (including phenoxy) is 1. The molecule has 3 aromatic rings. The molecule has 0 saturated carbocycles. The fourth-order valence-corrected chi connectivity index (χ4v) is 4.41. The molecule has 1 aromatic carbocycles. The first-order valence-electron chi connectivity index (χ1n) is 9.09. The minimum Gasteiger partial charge on any atom is -0.357 e. The molecule has 5 rings (SSSR count). The van der Waals surface area contributed by atoms with E-state index in [1.54, 1.807) is 6.07 Å². The molecule has 0 bridgehead atoms. The number of nitrogens with zero attached hydrogens (tertiary/aromatic N) is 3. The van der Waals surface area contributed by atoms with Gasteiger partial charge in [-0.1, -0.05) is 29.3 Å². The molecule has 0 spiro atoms. The van der Waals surface area contributed by atoms with Gasteiger partial charge in [-0.15, -0.1) is 0 Å². The summed E-state index contributed by atoms with van der Waals surface area (Å²) in [6.45, 7) is 1.33. The molecule has 2 aliphatic heterocycles. The third-order valence-corrected chi connectivity index (χ3v) is 6.07. The second-order valence-corrected chi connectivity index (χ2v) is 7.75. The number of hydrogen-bond donors (Lipinski definition) is 1. The summed E-state index contributed by atoms with van der Waals surface area (Å²) in [4.78, 5) is 12.1. The Bertz CT molecular complexity index is 1050. The van der Waals surface area contributed by atoms with Gasteiger partial charge in [0.15, 0.2) is 0 Å². The van der Waals surface area contributed by atoms with Gasteiger partial charge in [0.25, 0.3) is 0 Å². The van der Waals surface area contributed by atoms with Crippen molar-refractivity contribution in [2.75, 3.05) is 11.9 Å². The predicted octanol–water partition coefficient (Wildman–Crippen LogP) is 4.85. The molecule has 4 heterocycles. The largest absolute Gasteiger partial charge is 0.357 e. The van der Waals surface area contributed by atoms with Crippen LogP contribution in [-0.2, 0) is 16.1 Å². The van der Waals surface area contributed by atoms with Gasteiger partial charge in [0, 0.05) is 42.3 Å². The number of nitrogens with one attached hydrogen (secondary N) is 1. The zero-order chi connectivity index (χ0) is 18.5. The summed E-state index contributed by atoms with van der Waals surface area (Å²) in [7, 11) is 0. The Morgan fingerprint density at radius 2 is 2.15 bits per heavy atom. The van der Waals surface area contributed by atoms with Crippen molar-refractivity contribution in [3.05, 3.63) is 34.6 Å². The Hall–Kier alpha value is -2.02. The number of fused-ring (bicyclic) bond motifs is 3. The van der Waals surface area contributed by atoms with E-state index in [1.165, 1.54) is 0 Å². The van der Waals surface area contributed by atoms with Gasteiger partial charge in [-0.2, -0.15) is 5.10 Å². The van der Waals surface area contributed by atoms with Gasteiger partial charge in [-0.25, -0.2) is 4.68 Å². The summed E-state index contributed by atoms with van der Waals surface area (Å²) in [5, 5.41) is 9.48. The minimum absolute atomic E-state index is 0.00298. The van der Waals surface area contributed by atoms with E-state index in [2.05, 4.69) is 10.4 Å². The lowest BCUT2D eigenvalue weighted by Crippen LogP contribution is -2.23. The number of carbonyl (C=O) groups excluding carboxylic acids is 1. The molecule has 140 valence electrons. The first-order chi connectivity index (χ1) is 13.1. The Balaban J connectivity index is 1.69. The van der Waals surface area contributed by atoms with Gasteiger partial charge >= 0.3 is 0 Å². The van der Waals surface area contributed by atoms with Gasteiger partial charge in [-0.05, 0) is 25.3 Å². The number of aromatic nitrogens is 3. The molecule has 1 N–H and O–H groups in total. The molecule has 2 aliphatic rings. The molecule has 1 unspecified atom stereocenters. The maximum atomic E-state index is 12.1. The topological polar surface area (TPSA) is 61.1 Å². The van der Waals surface area contributed by atoms with Crippen LogP contribution in [0, 0.1) is 0 Å². The number of anilines is 1. The van der Waals surface area contributed by atoms with Crippen molar-refractivity contribution >= 4 is 45.8 Å². The van der Waals surface area contributed by atoms with Crippen LogP contribution in [0.4, 0.5) is 5.82 Å². The van der Waals surface area contributed by atoms with Gasteiger partial charge < -0.3 is 14.6 Å². The van der Waals surface area contributed by atoms with E-state index < -0.39 is 0 Å². The highest BCUT2D eigenvalue weighted by Crippen LogP contribution is 2.44. The first kappa shape index (κ1) is 17.1. The van der Waals surface area contributed by atoms with Gasteiger partial charge in [0.1, 0.15) is 12.0 Å². The number of rotatable bonds is 2. The zero-order valence-corrected chi connectivity index (χ0v) is 16.1. The van der Waals surface area contributed by atoms with E-state index in [9.17, 15) is 4.79 Å². The number of carbonyl (C=O) groups is 1. The van der Waals surface area contributed by atoms with Gasteiger partial charge in [0.2, 0.25) is 5.91 Å². The Labute approximate surface area is 166 Å². The lowest BCUT2D eigenvalue weighted by atomic mass is 10.1. The lowest BCUT2D eigenvalue weighted by molar-refractivity contribution is -0.116. The molecule has 6 nitrogen and oxygen atoms in total. The fourth-order valence-electron chi connectivity index (χ4n) is 3.99. The van der Waals surface area contributed by atoms with E-state index in [0.717, 1.165) is 53.7 Å². The van der Waals surface area contributed by atoms with E-state index in [-0.39, 0.29) is 12.1 Å². The van der Waals surface area contributed by atoms with Crippen LogP contribution < -0.4 is 5.32 Å². The highest BCUT2D eigenvalue weighted by Gasteiger charge is 2.27.